The summed E-state index contributed by atoms with van der Waals surface area (Å²) >= 11 is 0. The second-order valence-electron chi connectivity index (χ2n) is 6.92. The van der Waals surface area contributed by atoms with Crippen molar-refractivity contribution in [1.82, 2.24) is 0 Å². The highest BCUT2D eigenvalue weighted by Gasteiger charge is 2.08. The summed E-state index contributed by atoms with van der Waals surface area (Å²) in [5, 5.41) is 0. The molecule has 3 aromatic carbocycles. The number of carbonyl (C=O) groups is 1. The number of hydrogen-bond donors (Lipinski definition) is 0. The van der Waals surface area contributed by atoms with Gasteiger partial charge in [0, 0.05) is 16.7 Å². The molecule has 0 atom stereocenters. The summed E-state index contributed by atoms with van der Waals surface area (Å²) in [4.78, 5) is 12.3. The number of rotatable bonds is 5. The fourth-order valence-electron chi connectivity index (χ4n) is 2.89. The molecule has 0 saturated carbocycles. The molecule has 0 aliphatic carbocycles. The average Bonchev–Trinajstić information content (AvgIpc) is 2.79. The van der Waals surface area contributed by atoms with Gasteiger partial charge in [-0.3, -0.25) is 0 Å². The molecule has 0 heterocycles. The summed E-state index contributed by atoms with van der Waals surface area (Å²) in [6.45, 7) is 3.99. The van der Waals surface area contributed by atoms with Gasteiger partial charge in [0.1, 0.15) is 5.75 Å². The third-order valence-corrected chi connectivity index (χ3v) is 4.58. The van der Waals surface area contributed by atoms with Gasteiger partial charge in [0.2, 0.25) is 0 Å². The van der Waals surface area contributed by atoms with Crippen LogP contribution in [0.3, 0.4) is 0 Å². The SMILES string of the molecule is CC#Cc1ccc(C#Cc2ccc(OC(=O)c3ccc(CCCC)cc3)cc2)cc1. The third kappa shape index (κ3) is 6.13. The zero-order valence-corrected chi connectivity index (χ0v) is 17.4. The minimum Gasteiger partial charge on any atom is -0.423 e. The molecule has 148 valence electrons. The van der Waals surface area contributed by atoms with Crippen LogP contribution in [0.4, 0.5) is 0 Å². The first-order chi connectivity index (χ1) is 14.7. The highest BCUT2D eigenvalue weighted by Crippen LogP contribution is 2.15. The lowest BCUT2D eigenvalue weighted by atomic mass is 10.1. The summed E-state index contributed by atoms with van der Waals surface area (Å²) in [6.07, 6.45) is 3.34. The predicted molar refractivity (Wildman–Crippen MR) is 121 cm³/mol. The molecule has 2 heteroatoms. The normalized spacial score (nSPS) is 9.67. The lowest BCUT2D eigenvalue weighted by Gasteiger charge is -2.05. The van der Waals surface area contributed by atoms with Gasteiger partial charge in [0.05, 0.1) is 5.56 Å². The number of benzene rings is 3. The lowest BCUT2D eigenvalue weighted by Crippen LogP contribution is -2.08. The van der Waals surface area contributed by atoms with Gasteiger partial charge < -0.3 is 4.74 Å². The van der Waals surface area contributed by atoms with Crippen molar-refractivity contribution in [3.8, 4) is 29.4 Å². The van der Waals surface area contributed by atoms with Gasteiger partial charge in [-0.1, -0.05) is 43.2 Å². The zero-order valence-electron chi connectivity index (χ0n) is 17.4. The molecule has 0 aromatic heterocycles. The first kappa shape index (κ1) is 21.0. The van der Waals surface area contributed by atoms with Crippen LogP contribution in [0.25, 0.3) is 0 Å². The van der Waals surface area contributed by atoms with Gasteiger partial charge in [0.25, 0.3) is 0 Å². The first-order valence-corrected chi connectivity index (χ1v) is 10.1. The van der Waals surface area contributed by atoms with E-state index >= 15 is 0 Å². The Morgan fingerprint density at radius 2 is 1.30 bits per heavy atom. The van der Waals surface area contributed by atoms with Crippen molar-refractivity contribution in [2.75, 3.05) is 0 Å². The van der Waals surface area contributed by atoms with Crippen LogP contribution in [0, 0.1) is 23.7 Å². The second-order valence-corrected chi connectivity index (χ2v) is 6.92. The molecule has 0 aliphatic rings. The van der Waals surface area contributed by atoms with Crippen LogP contribution in [-0.4, -0.2) is 5.97 Å². The number of unbranched alkanes of at least 4 members (excludes halogenated alkanes) is 1. The van der Waals surface area contributed by atoms with Crippen molar-refractivity contribution in [3.05, 3.63) is 101 Å². The topological polar surface area (TPSA) is 26.3 Å². The van der Waals surface area contributed by atoms with E-state index in [1.54, 1.807) is 12.1 Å². The molecule has 0 bridgehead atoms. The molecular formula is C28H24O2. The maximum absolute atomic E-state index is 12.3. The molecule has 3 aromatic rings. The number of carbonyl (C=O) groups excluding carboxylic acids is 1. The van der Waals surface area contributed by atoms with E-state index in [1.165, 1.54) is 5.56 Å². The van der Waals surface area contributed by atoms with Crippen LogP contribution >= 0.6 is 0 Å². The van der Waals surface area contributed by atoms with Crippen molar-refractivity contribution < 1.29 is 9.53 Å². The Kier molecular flexibility index (Phi) is 7.48. The van der Waals surface area contributed by atoms with E-state index in [9.17, 15) is 4.79 Å². The largest absolute Gasteiger partial charge is 0.423 e. The van der Waals surface area contributed by atoms with Gasteiger partial charge in [-0.2, -0.15) is 0 Å². The van der Waals surface area contributed by atoms with E-state index in [0.29, 0.717) is 11.3 Å². The molecule has 0 spiro atoms. The molecule has 0 fully saturated rings. The van der Waals surface area contributed by atoms with E-state index in [2.05, 4.69) is 30.6 Å². The van der Waals surface area contributed by atoms with Crippen LogP contribution < -0.4 is 4.74 Å². The summed E-state index contributed by atoms with van der Waals surface area (Å²) in [7, 11) is 0. The molecule has 0 amide bonds. The van der Waals surface area contributed by atoms with Gasteiger partial charge in [-0.25, -0.2) is 4.79 Å². The highest BCUT2D eigenvalue weighted by atomic mass is 16.5. The molecule has 3 rings (SSSR count). The Morgan fingerprint density at radius 1 is 0.767 bits per heavy atom. The Bertz CT molecular complexity index is 1100. The molecule has 0 N–H and O–H groups in total. The maximum Gasteiger partial charge on any atom is 0.343 e. The predicted octanol–water partition coefficient (Wildman–Crippen LogP) is 6.02. The Morgan fingerprint density at radius 3 is 1.83 bits per heavy atom. The van der Waals surface area contributed by atoms with Crippen molar-refractivity contribution >= 4 is 5.97 Å². The van der Waals surface area contributed by atoms with Crippen molar-refractivity contribution in [1.29, 1.82) is 0 Å². The second kappa shape index (κ2) is 10.7. The monoisotopic (exact) mass is 392 g/mol. The number of esters is 1. The van der Waals surface area contributed by atoms with Gasteiger partial charge in [0.15, 0.2) is 0 Å². The average molecular weight is 392 g/mol. The summed E-state index contributed by atoms with van der Waals surface area (Å²) in [6, 6.07) is 22.7. The number of hydrogen-bond acceptors (Lipinski definition) is 2. The van der Waals surface area contributed by atoms with E-state index in [0.717, 1.165) is 36.0 Å². The van der Waals surface area contributed by atoms with E-state index in [1.807, 2.05) is 67.6 Å². The quantitative estimate of drug-likeness (QED) is 0.301. The van der Waals surface area contributed by atoms with E-state index < -0.39 is 0 Å². The lowest BCUT2D eigenvalue weighted by molar-refractivity contribution is 0.0734. The van der Waals surface area contributed by atoms with E-state index in [-0.39, 0.29) is 5.97 Å². The zero-order chi connectivity index (χ0) is 21.2. The van der Waals surface area contributed by atoms with Crippen LogP contribution in [0.2, 0.25) is 0 Å². The summed E-state index contributed by atoms with van der Waals surface area (Å²) < 4.78 is 5.48. The molecule has 0 aliphatic heterocycles. The number of aryl methyl sites for hydroxylation is 1. The standard InChI is InChI=1S/C28H24O2/c1-3-5-7-23-14-18-26(19-15-23)28(29)30-27-20-16-25(17-21-27)13-12-24-10-8-22(6-4-2)9-11-24/h8-11,14-21H,3,5,7H2,1-2H3. The molecule has 30 heavy (non-hydrogen) atoms. The minimum absolute atomic E-state index is 0.355. The van der Waals surface area contributed by atoms with Crippen molar-refractivity contribution in [2.24, 2.45) is 0 Å². The van der Waals surface area contributed by atoms with Gasteiger partial charge in [-0.15, -0.1) is 5.92 Å². The molecule has 0 radical (unpaired) electrons. The molecule has 2 nitrogen and oxygen atoms in total. The first-order valence-electron chi connectivity index (χ1n) is 10.1. The number of ether oxygens (including phenoxy) is 1. The minimum atomic E-state index is -0.355. The molecular weight excluding hydrogens is 368 g/mol. The maximum atomic E-state index is 12.3. The van der Waals surface area contributed by atoms with Crippen LogP contribution in [0.1, 0.15) is 59.3 Å². The fourth-order valence-corrected chi connectivity index (χ4v) is 2.89. The van der Waals surface area contributed by atoms with Crippen molar-refractivity contribution in [2.45, 2.75) is 33.1 Å². The van der Waals surface area contributed by atoms with Crippen LogP contribution in [0.15, 0.2) is 72.8 Å². The fraction of sp³-hybridized carbons (Fsp3) is 0.179. The third-order valence-electron chi connectivity index (χ3n) is 4.58. The smallest absolute Gasteiger partial charge is 0.343 e. The highest BCUT2D eigenvalue weighted by molar-refractivity contribution is 5.91. The van der Waals surface area contributed by atoms with Gasteiger partial charge >= 0.3 is 5.97 Å². The van der Waals surface area contributed by atoms with Crippen molar-refractivity contribution in [3.63, 3.8) is 0 Å². The summed E-state index contributed by atoms with van der Waals surface area (Å²) in [5.41, 5.74) is 4.55. The van der Waals surface area contributed by atoms with Crippen LogP contribution in [0.5, 0.6) is 5.75 Å². The Balaban J connectivity index is 1.60. The Hall–Kier alpha value is -3.75. The van der Waals surface area contributed by atoms with E-state index in [4.69, 9.17) is 4.74 Å². The van der Waals surface area contributed by atoms with Crippen LogP contribution in [-0.2, 0) is 6.42 Å². The molecule has 0 saturated heterocycles. The summed E-state index contributed by atoms with van der Waals surface area (Å²) in [5.74, 6) is 12.3. The molecule has 0 unspecified atom stereocenters. The Labute approximate surface area is 178 Å². The van der Waals surface area contributed by atoms with Gasteiger partial charge in [-0.05, 0) is 86.0 Å².